The zero-order valence-corrected chi connectivity index (χ0v) is 30.5. The van der Waals surface area contributed by atoms with Gasteiger partial charge in [-0.25, -0.2) is 24.1 Å². The van der Waals surface area contributed by atoms with Gasteiger partial charge in [0.2, 0.25) is 11.8 Å². The van der Waals surface area contributed by atoms with Gasteiger partial charge in [-0.3, -0.25) is 19.1 Å². The third-order valence-electron chi connectivity index (χ3n) is 8.99. The van der Waals surface area contributed by atoms with Gasteiger partial charge in [0, 0.05) is 56.4 Å². The number of cyclic esters (lactones) is 1. The number of hydrogen-bond acceptors (Lipinski definition) is 12. The number of aliphatic hydroxyl groups is 1. The van der Waals surface area contributed by atoms with Crippen LogP contribution in [0.15, 0.2) is 71.6 Å². The highest BCUT2D eigenvalue weighted by atomic mass is 19.1. The Morgan fingerprint density at radius 1 is 1.17 bits per heavy atom. The van der Waals surface area contributed by atoms with Crippen molar-refractivity contribution in [3.63, 3.8) is 0 Å². The van der Waals surface area contributed by atoms with Crippen molar-refractivity contribution in [3.8, 4) is 11.3 Å². The fourth-order valence-electron chi connectivity index (χ4n) is 6.33. The number of nitrogens with zero attached hydrogens (tertiary/aromatic N) is 7. The van der Waals surface area contributed by atoms with E-state index in [4.69, 9.17) is 9.15 Å². The van der Waals surface area contributed by atoms with E-state index in [1.165, 1.54) is 23.4 Å². The van der Waals surface area contributed by atoms with Crippen LogP contribution in [0.3, 0.4) is 0 Å². The van der Waals surface area contributed by atoms with Crippen LogP contribution in [0.1, 0.15) is 62.8 Å². The lowest BCUT2D eigenvalue weighted by molar-refractivity contribution is -0.159. The van der Waals surface area contributed by atoms with Crippen LogP contribution >= 0.6 is 0 Å². The molecule has 2 aliphatic heterocycles. The van der Waals surface area contributed by atoms with Gasteiger partial charge < -0.3 is 29.8 Å². The van der Waals surface area contributed by atoms with Crippen molar-refractivity contribution in [2.75, 3.05) is 19.6 Å². The smallest absolute Gasteiger partial charge is 0.329 e. The zero-order valence-electron chi connectivity index (χ0n) is 30.5. The van der Waals surface area contributed by atoms with Crippen LogP contribution in [0, 0.1) is 11.8 Å². The highest BCUT2D eigenvalue weighted by Gasteiger charge is 2.39. The van der Waals surface area contributed by atoms with E-state index >= 15 is 0 Å². The summed E-state index contributed by atoms with van der Waals surface area (Å²) in [5, 5.41) is 24.2. The van der Waals surface area contributed by atoms with Crippen molar-refractivity contribution < 1.29 is 37.8 Å². The van der Waals surface area contributed by atoms with Crippen LogP contribution in [-0.2, 0) is 32.1 Å². The number of amides is 3. The Bertz CT molecular complexity index is 1840. The molecule has 5 rings (SSSR count). The lowest BCUT2D eigenvalue weighted by atomic mass is 9.89. The molecule has 3 aromatic heterocycles. The molecule has 17 heteroatoms. The quantitative estimate of drug-likeness (QED) is 0.298. The molecule has 5 atom stereocenters. The molecular formula is C37H46FN9O7. The standard InChI is InChI=1S/C37H46FN9O7/c1-23(2)35-25(15-33(50)42-11-13-46-20-29(44-45-46)26-18-39-22-40-19-26)8-9-32(49)41-10-4-6-24(3)14-28(48)16-27(38)17-34-43-30(21-53-34)36(51)47-12-5-7-31(47)37(52)54-35/h4,6,8-9,14,18-23,25,27-28,31,35,48H,5,7,10-13,15-17H2,1-3H3,(H,41,49)(H,42,50)/b6-4+,9-8+,24-14+/t25-,27+,28+,31+,35+/m0/s1. The average Bonchev–Trinajstić information content (AvgIpc) is 3.92. The number of carbonyl (C=O) groups excluding carboxylic acids is 4. The van der Waals surface area contributed by atoms with Crippen LogP contribution in [0.25, 0.3) is 11.3 Å². The van der Waals surface area contributed by atoms with Gasteiger partial charge in [-0.05, 0) is 31.8 Å². The second kappa shape index (κ2) is 19.0. The topological polar surface area (TPSA) is 208 Å². The number of aliphatic hydroxyl groups excluding tert-OH is 1. The predicted octanol–water partition coefficient (Wildman–Crippen LogP) is 2.54. The van der Waals surface area contributed by atoms with Gasteiger partial charge in [0.1, 0.15) is 36.6 Å². The molecule has 54 heavy (non-hydrogen) atoms. The number of allylic oxidation sites excluding steroid dienone is 2. The van der Waals surface area contributed by atoms with Crippen LogP contribution < -0.4 is 10.6 Å². The summed E-state index contributed by atoms with van der Waals surface area (Å²) in [5.74, 6) is -3.00. The van der Waals surface area contributed by atoms with E-state index in [9.17, 15) is 28.7 Å². The molecule has 0 radical (unpaired) electrons. The number of rotatable bonds is 7. The van der Waals surface area contributed by atoms with E-state index in [2.05, 4.69) is 35.9 Å². The molecule has 2 aliphatic rings. The predicted molar refractivity (Wildman–Crippen MR) is 192 cm³/mol. The number of halogens is 1. The molecule has 3 amide bonds. The maximum atomic E-state index is 14.8. The third kappa shape index (κ3) is 11.2. The molecule has 5 heterocycles. The number of oxazole rings is 1. The molecule has 0 aromatic carbocycles. The lowest BCUT2D eigenvalue weighted by Gasteiger charge is -2.30. The molecule has 1 fully saturated rings. The third-order valence-corrected chi connectivity index (χ3v) is 8.99. The van der Waals surface area contributed by atoms with Crippen LogP contribution in [0.5, 0.6) is 0 Å². The minimum absolute atomic E-state index is 0.00722. The van der Waals surface area contributed by atoms with E-state index in [1.54, 1.807) is 48.4 Å². The van der Waals surface area contributed by atoms with Crippen LogP contribution in [-0.4, -0.2) is 108 Å². The van der Waals surface area contributed by atoms with Gasteiger partial charge in [-0.15, -0.1) is 5.10 Å². The summed E-state index contributed by atoms with van der Waals surface area (Å²) in [7, 11) is 0. The molecule has 16 nitrogen and oxygen atoms in total. The van der Waals surface area contributed by atoms with Gasteiger partial charge in [-0.1, -0.05) is 48.9 Å². The maximum absolute atomic E-state index is 14.8. The van der Waals surface area contributed by atoms with Crippen LogP contribution in [0.4, 0.5) is 4.39 Å². The fourth-order valence-corrected chi connectivity index (χ4v) is 6.33. The van der Waals surface area contributed by atoms with E-state index in [1.807, 2.05) is 13.8 Å². The van der Waals surface area contributed by atoms with E-state index in [-0.39, 0.29) is 62.3 Å². The number of alkyl halides is 1. The number of nitrogens with one attached hydrogen (secondary N) is 2. The first-order chi connectivity index (χ1) is 26.0. The number of hydrogen-bond donors (Lipinski definition) is 3. The molecule has 1 saturated heterocycles. The summed E-state index contributed by atoms with van der Waals surface area (Å²) in [5.41, 5.74) is 1.87. The Balaban J connectivity index is 1.32. The monoisotopic (exact) mass is 747 g/mol. The molecule has 0 spiro atoms. The normalized spacial score (nSPS) is 25.6. The summed E-state index contributed by atoms with van der Waals surface area (Å²) in [6, 6.07) is -0.928. The summed E-state index contributed by atoms with van der Waals surface area (Å²) in [6.07, 6.45) is 12.1. The SMILES string of the molecule is CC1=C\[C@@H](O)C[C@@H](F)Cc2nc(co2)C(=O)N2CCC[C@@H]2C(=O)O[C@H](C(C)C)[C@H](CC(=O)NCCn2cc(-c3cncnc3)nn2)/C=C/C(=O)NC\C=C\1. The largest absolute Gasteiger partial charge is 0.460 e. The zero-order chi connectivity index (χ0) is 38.6. The molecule has 0 aliphatic carbocycles. The Kier molecular flexibility index (Phi) is 13.9. The minimum atomic E-state index is -1.50. The molecule has 3 N–H and O–H groups in total. The van der Waals surface area contributed by atoms with E-state index in [0.29, 0.717) is 36.2 Å². The first-order valence-corrected chi connectivity index (χ1v) is 18.0. The number of fused-ring (bicyclic) bond motifs is 3. The number of ether oxygens (including phenoxy) is 1. The highest BCUT2D eigenvalue weighted by molar-refractivity contribution is 5.95. The molecule has 3 aromatic rings. The van der Waals surface area contributed by atoms with Crippen molar-refractivity contribution >= 4 is 23.7 Å². The minimum Gasteiger partial charge on any atom is -0.460 e. The van der Waals surface area contributed by atoms with Gasteiger partial charge in [0.05, 0.1) is 25.3 Å². The van der Waals surface area contributed by atoms with Gasteiger partial charge in [0.15, 0.2) is 11.6 Å². The summed E-state index contributed by atoms with van der Waals surface area (Å²) >= 11 is 0. The lowest BCUT2D eigenvalue weighted by Crippen LogP contribution is -2.44. The first kappa shape index (κ1) is 39.6. The summed E-state index contributed by atoms with van der Waals surface area (Å²) in [4.78, 5) is 66.9. The molecule has 288 valence electrons. The highest BCUT2D eigenvalue weighted by Crippen LogP contribution is 2.27. The van der Waals surface area contributed by atoms with Gasteiger partial charge in [-0.2, -0.15) is 0 Å². The Morgan fingerprint density at radius 2 is 1.96 bits per heavy atom. The van der Waals surface area contributed by atoms with Gasteiger partial charge in [0.25, 0.3) is 5.91 Å². The molecular weight excluding hydrogens is 701 g/mol. The molecule has 0 unspecified atom stereocenters. The van der Waals surface area contributed by atoms with E-state index in [0.717, 1.165) is 6.26 Å². The van der Waals surface area contributed by atoms with Crippen molar-refractivity contribution in [3.05, 3.63) is 78.7 Å². The Hall–Kier alpha value is -5.58. The van der Waals surface area contributed by atoms with Crippen molar-refractivity contribution in [1.82, 2.24) is 45.5 Å². The summed E-state index contributed by atoms with van der Waals surface area (Å²) in [6.45, 7) is 6.39. The van der Waals surface area contributed by atoms with E-state index < -0.39 is 48.1 Å². The van der Waals surface area contributed by atoms with Crippen molar-refractivity contribution in [1.29, 1.82) is 0 Å². The fraction of sp³-hybridized carbons (Fsp3) is 0.486. The first-order valence-electron chi connectivity index (χ1n) is 18.0. The second-order valence-corrected chi connectivity index (χ2v) is 13.7. The Morgan fingerprint density at radius 3 is 2.74 bits per heavy atom. The second-order valence-electron chi connectivity index (χ2n) is 13.7. The number of carbonyl (C=O) groups is 4. The Labute approximate surface area is 312 Å². The van der Waals surface area contributed by atoms with Crippen molar-refractivity contribution in [2.24, 2.45) is 11.8 Å². The molecule has 2 bridgehead atoms. The van der Waals surface area contributed by atoms with Crippen LogP contribution in [0.2, 0.25) is 0 Å². The molecule has 0 saturated carbocycles. The summed E-state index contributed by atoms with van der Waals surface area (Å²) < 4.78 is 27.9. The van der Waals surface area contributed by atoms with Gasteiger partial charge >= 0.3 is 5.97 Å². The maximum Gasteiger partial charge on any atom is 0.329 e. The average molecular weight is 748 g/mol. The number of esters is 1. The van der Waals surface area contributed by atoms with Crippen molar-refractivity contribution in [2.45, 2.75) is 83.8 Å². The number of aromatic nitrogens is 6.